The fourth-order valence-electron chi connectivity index (χ4n) is 4.73. The van der Waals surface area contributed by atoms with E-state index in [4.69, 9.17) is 4.99 Å². The largest absolute Gasteiger partial charge is 0.257 e. The Morgan fingerprint density at radius 1 is 0.852 bits per heavy atom. The maximum Gasteiger partial charge on any atom is 0.220 e. The van der Waals surface area contributed by atoms with Gasteiger partial charge in [0.1, 0.15) is 0 Å². The Morgan fingerprint density at radius 3 is 2.56 bits per heavy atom. The molecule has 4 aromatic rings. The summed E-state index contributed by atoms with van der Waals surface area (Å²) in [5.74, 6) is 0. The van der Waals surface area contributed by atoms with Gasteiger partial charge in [-0.2, -0.15) is 4.58 Å². The molecule has 2 heterocycles. The second-order valence-electron chi connectivity index (χ2n) is 7.59. The lowest BCUT2D eigenvalue weighted by molar-refractivity contribution is 1.11. The molecule has 4 aromatic carbocycles. The number of rotatable bonds is 1. The van der Waals surface area contributed by atoms with Crippen LogP contribution in [0.4, 0.5) is 17.1 Å². The van der Waals surface area contributed by atoms with Crippen molar-refractivity contribution in [2.45, 2.75) is 20.3 Å². The third-order valence-corrected chi connectivity index (χ3v) is 5.94. The summed E-state index contributed by atoms with van der Waals surface area (Å²) in [7, 11) is 0. The molecule has 2 aliphatic heterocycles. The van der Waals surface area contributed by atoms with E-state index in [0.717, 1.165) is 12.1 Å². The first-order valence-corrected chi connectivity index (χ1v) is 9.46. The summed E-state index contributed by atoms with van der Waals surface area (Å²) in [5.41, 5.74) is 8.82. The molecule has 0 aliphatic carbocycles. The Kier molecular flexibility index (Phi) is 2.83. The quantitative estimate of drug-likeness (QED) is 0.359. The van der Waals surface area contributed by atoms with Crippen molar-refractivity contribution in [2.75, 3.05) is 0 Å². The van der Waals surface area contributed by atoms with Crippen LogP contribution < -0.4 is 4.58 Å². The van der Waals surface area contributed by atoms with Crippen LogP contribution in [0.2, 0.25) is 0 Å². The molecule has 128 valence electrons. The van der Waals surface area contributed by atoms with Gasteiger partial charge in [0.15, 0.2) is 5.71 Å². The number of hydrogen-bond donors (Lipinski definition) is 0. The Bertz CT molecular complexity index is 1350. The van der Waals surface area contributed by atoms with Gasteiger partial charge in [-0.25, -0.2) is 0 Å². The van der Waals surface area contributed by atoms with Gasteiger partial charge in [-0.15, -0.1) is 0 Å². The summed E-state index contributed by atoms with van der Waals surface area (Å²) >= 11 is 0. The van der Waals surface area contributed by atoms with E-state index in [0.29, 0.717) is 0 Å². The predicted octanol–water partition coefficient (Wildman–Crippen LogP) is 6.30. The van der Waals surface area contributed by atoms with E-state index >= 15 is 0 Å². The Balaban J connectivity index is 1.63. The smallest absolute Gasteiger partial charge is 0.220 e. The van der Waals surface area contributed by atoms with Gasteiger partial charge < -0.3 is 0 Å². The van der Waals surface area contributed by atoms with Gasteiger partial charge in [0.05, 0.1) is 16.6 Å². The molecule has 0 saturated carbocycles. The summed E-state index contributed by atoms with van der Waals surface area (Å²) in [4.78, 5) is 4.71. The number of hydrogen-bond acceptors (Lipinski definition) is 1. The summed E-state index contributed by atoms with van der Waals surface area (Å²) in [5, 5.41) is 5.27. The molecule has 0 radical (unpaired) electrons. The SMILES string of the molecule is CC1=Nc2ccc3ccc([N+]4=C(C)c5cccc6cccc4c56)cc3c2C1. The van der Waals surface area contributed by atoms with E-state index in [9.17, 15) is 0 Å². The van der Waals surface area contributed by atoms with Crippen molar-refractivity contribution in [3.8, 4) is 0 Å². The Morgan fingerprint density at radius 2 is 1.67 bits per heavy atom. The van der Waals surface area contributed by atoms with Crippen LogP contribution in [-0.4, -0.2) is 11.4 Å². The number of nitrogens with zero attached hydrogens (tertiary/aromatic N) is 2. The highest BCUT2D eigenvalue weighted by atomic mass is 15.0. The molecule has 0 N–H and O–H groups in total. The zero-order chi connectivity index (χ0) is 18.1. The van der Waals surface area contributed by atoms with Crippen LogP contribution in [0.25, 0.3) is 21.5 Å². The van der Waals surface area contributed by atoms with Gasteiger partial charge in [-0.1, -0.05) is 30.3 Å². The molecular formula is C25H19N2+. The normalized spacial score (nSPS) is 15.0. The molecule has 27 heavy (non-hydrogen) atoms. The number of benzene rings is 4. The van der Waals surface area contributed by atoms with Gasteiger partial charge in [0.25, 0.3) is 0 Å². The van der Waals surface area contributed by atoms with E-state index in [-0.39, 0.29) is 0 Å². The van der Waals surface area contributed by atoms with E-state index in [1.807, 2.05) is 0 Å². The summed E-state index contributed by atoms with van der Waals surface area (Å²) in [6.07, 6.45) is 0.953. The van der Waals surface area contributed by atoms with E-state index < -0.39 is 0 Å². The van der Waals surface area contributed by atoms with Gasteiger partial charge >= 0.3 is 0 Å². The van der Waals surface area contributed by atoms with Crippen molar-refractivity contribution in [2.24, 2.45) is 4.99 Å². The van der Waals surface area contributed by atoms with Crippen LogP contribution >= 0.6 is 0 Å². The Labute approximate surface area is 158 Å². The molecule has 0 atom stereocenters. The van der Waals surface area contributed by atoms with Crippen molar-refractivity contribution < 1.29 is 0 Å². The average Bonchev–Trinajstić information content (AvgIpc) is 3.21. The Hall–Kier alpha value is -3.26. The molecule has 2 aliphatic rings. The molecule has 2 heteroatoms. The highest BCUT2D eigenvalue weighted by Gasteiger charge is 2.31. The zero-order valence-electron chi connectivity index (χ0n) is 15.5. The standard InChI is InChI=1S/C25H19N2/c1-15-13-22-21-14-19(11-9-17(21)10-12-23(22)26-15)27-16(2)20-7-3-5-18-6-4-8-24(27)25(18)20/h3-12,14H,13H2,1-2H3/q+1. The predicted molar refractivity (Wildman–Crippen MR) is 116 cm³/mol. The van der Waals surface area contributed by atoms with E-state index in [2.05, 4.69) is 85.2 Å². The van der Waals surface area contributed by atoms with Crippen LogP contribution in [0.3, 0.4) is 0 Å². The summed E-state index contributed by atoms with van der Waals surface area (Å²) < 4.78 is 2.40. The summed E-state index contributed by atoms with van der Waals surface area (Å²) in [6, 6.07) is 24.3. The van der Waals surface area contributed by atoms with Crippen LogP contribution in [0.5, 0.6) is 0 Å². The number of fused-ring (bicyclic) bond motifs is 3. The van der Waals surface area contributed by atoms with Gasteiger partial charge in [-0.3, -0.25) is 4.99 Å². The van der Waals surface area contributed by atoms with Gasteiger partial charge in [0, 0.05) is 37.3 Å². The first-order chi connectivity index (χ1) is 13.2. The van der Waals surface area contributed by atoms with Crippen molar-refractivity contribution >= 4 is 50.0 Å². The fourth-order valence-corrected chi connectivity index (χ4v) is 4.73. The lowest BCUT2D eigenvalue weighted by Crippen LogP contribution is -2.09. The highest BCUT2D eigenvalue weighted by Crippen LogP contribution is 2.40. The maximum absolute atomic E-state index is 4.71. The highest BCUT2D eigenvalue weighted by molar-refractivity contribution is 6.20. The lowest BCUT2D eigenvalue weighted by atomic mass is 10.00. The molecule has 0 bridgehead atoms. The fraction of sp³-hybridized carbons (Fsp3) is 0.120. The first kappa shape index (κ1) is 14.9. The zero-order valence-corrected chi connectivity index (χ0v) is 15.5. The third-order valence-electron chi connectivity index (χ3n) is 5.94. The van der Waals surface area contributed by atoms with Gasteiger partial charge in [-0.05, 0) is 46.8 Å². The average molecular weight is 347 g/mol. The van der Waals surface area contributed by atoms with Crippen molar-refractivity contribution in [1.29, 1.82) is 0 Å². The molecule has 2 nitrogen and oxygen atoms in total. The second-order valence-corrected chi connectivity index (χ2v) is 7.59. The molecule has 0 aromatic heterocycles. The molecule has 6 rings (SSSR count). The van der Waals surface area contributed by atoms with Crippen molar-refractivity contribution in [3.05, 3.63) is 77.9 Å². The maximum atomic E-state index is 4.71. The van der Waals surface area contributed by atoms with Crippen LogP contribution in [0.1, 0.15) is 25.0 Å². The minimum absolute atomic E-state index is 0.953. The van der Waals surface area contributed by atoms with E-state index in [1.165, 1.54) is 55.5 Å². The molecule has 0 spiro atoms. The minimum atomic E-state index is 0.953. The molecular weight excluding hydrogens is 328 g/mol. The topological polar surface area (TPSA) is 15.4 Å². The minimum Gasteiger partial charge on any atom is -0.257 e. The van der Waals surface area contributed by atoms with Gasteiger partial charge in [0.2, 0.25) is 11.4 Å². The van der Waals surface area contributed by atoms with E-state index in [1.54, 1.807) is 0 Å². The molecule has 0 unspecified atom stereocenters. The monoisotopic (exact) mass is 347 g/mol. The van der Waals surface area contributed by atoms with Crippen LogP contribution in [0, 0.1) is 0 Å². The molecule has 0 amide bonds. The lowest BCUT2D eigenvalue weighted by Gasteiger charge is -2.07. The van der Waals surface area contributed by atoms with Crippen LogP contribution in [-0.2, 0) is 6.42 Å². The number of aliphatic imine (C=N–C) groups is 1. The molecule has 0 saturated heterocycles. The second kappa shape index (κ2) is 5.14. The summed E-state index contributed by atoms with van der Waals surface area (Å²) in [6.45, 7) is 4.34. The van der Waals surface area contributed by atoms with Crippen molar-refractivity contribution in [3.63, 3.8) is 0 Å². The first-order valence-electron chi connectivity index (χ1n) is 9.46. The third kappa shape index (κ3) is 1.95. The van der Waals surface area contributed by atoms with Crippen molar-refractivity contribution in [1.82, 2.24) is 4.58 Å². The molecule has 0 fully saturated rings. The van der Waals surface area contributed by atoms with Crippen LogP contribution in [0.15, 0.2) is 71.7 Å².